The Bertz CT molecular complexity index is 867. The number of hydrogen-bond acceptors (Lipinski definition) is 2. The average molecular weight is 316 g/mol. The van der Waals surface area contributed by atoms with E-state index in [1.165, 1.54) is 16.3 Å². The molecule has 3 aromatic rings. The molecule has 0 saturated heterocycles. The third kappa shape index (κ3) is 2.93. The number of hydrogen-bond donors (Lipinski definition) is 1. The number of fused-ring (bicyclic) bond motifs is 1. The highest BCUT2D eigenvalue weighted by Gasteiger charge is 2.25. The summed E-state index contributed by atoms with van der Waals surface area (Å²) in [5.41, 5.74) is 2.42. The van der Waals surface area contributed by atoms with E-state index in [1.807, 2.05) is 12.1 Å². The van der Waals surface area contributed by atoms with Crippen LogP contribution >= 0.6 is 0 Å². The van der Waals surface area contributed by atoms with Gasteiger partial charge in [-0.25, -0.2) is 0 Å². The summed E-state index contributed by atoms with van der Waals surface area (Å²) in [6, 6.07) is 25.2. The van der Waals surface area contributed by atoms with E-state index in [9.17, 15) is 5.11 Å². The Balaban J connectivity index is 1.68. The lowest BCUT2D eigenvalue weighted by Gasteiger charge is -2.30. The standard InChI is InChI=1S/C22H20O2/c23-15-21-13-20(16-6-2-1-3-7-16)14-22(24-21)19-11-10-17-8-4-5-9-18(17)12-19/h1-13,20,22-23H,14-15H2/t20-,22+/m1/s1. The van der Waals surface area contributed by atoms with Gasteiger partial charge in [0.2, 0.25) is 0 Å². The minimum absolute atomic E-state index is 0.0352. The highest BCUT2D eigenvalue weighted by atomic mass is 16.5. The molecular formula is C22H20O2. The van der Waals surface area contributed by atoms with Crippen LogP contribution in [0, 0.1) is 0 Å². The highest BCUT2D eigenvalue weighted by Crippen LogP contribution is 2.38. The molecule has 2 nitrogen and oxygen atoms in total. The maximum Gasteiger partial charge on any atom is 0.124 e. The third-order valence-electron chi connectivity index (χ3n) is 4.68. The van der Waals surface area contributed by atoms with Gasteiger partial charge in [-0.2, -0.15) is 0 Å². The third-order valence-corrected chi connectivity index (χ3v) is 4.68. The number of rotatable bonds is 3. The molecule has 0 aliphatic carbocycles. The molecule has 0 amide bonds. The molecule has 120 valence electrons. The lowest BCUT2D eigenvalue weighted by Crippen LogP contribution is -2.16. The van der Waals surface area contributed by atoms with Crippen LogP contribution < -0.4 is 0 Å². The molecular weight excluding hydrogens is 296 g/mol. The van der Waals surface area contributed by atoms with Gasteiger partial charge in [-0.1, -0.05) is 66.7 Å². The molecule has 2 atom stereocenters. The molecule has 0 spiro atoms. The number of ether oxygens (including phenoxy) is 1. The van der Waals surface area contributed by atoms with Crippen LogP contribution in [0.3, 0.4) is 0 Å². The minimum atomic E-state index is -0.0621. The largest absolute Gasteiger partial charge is 0.488 e. The Labute approximate surface area is 142 Å². The normalized spacial score (nSPS) is 20.5. The van der Waals surface area contributed by atoms with Crippen molar-refractivity contribution >= 4 is 10.8 Å². The number of benzene rings is 3. The number of allylic oxidation sites excluding steroid dienone is 1. The smallest absolute Gasteiger partial charge is 0.124 e. The predicted molar refractivity (Wildman–Crippen MR) is 96.7 cm³/mol. The zero-order chi connectivity index (χ0) is 16.4. The molecule has 0 bridgehead atoms. The first-order valence-electron chi connectivity index (χ1n) is 8.35. The van der Waals surface area contributed by atoms with Gasteiger partial charge >= 0.3 is 0 Å². The van der Waals surface area contributed by atoms with E-state index >= 15 is 0 Å². The van der Waals surface area contributed by atoms with Gasteiger partial charge < -0.3 is 9.84 Å². The van der Waals surface area contributed by atoms with Crippen LogP contribution in [0.2, 0.25) is 0 Å². The summed E-state index contributed by atoms with van der Waals surface area (Å²) in [7, 11) is 0. The fourth-order valence-corrected chi connectivity index (χ4v) is 3.43. The van der Waals surface area contributed by atoms with Gasteiger partial charge in [-0.3, -0.25) is 0 Å². The first kappa shape index (κ1) is 15.0. The fraction of sp³-hybridized carbons (Fsp3) is 0.182. The maximum absolute atomic E-state index is 9.60. The van der Waals surface area contributed by atoms with Crippen molar-refractivity contribution in [3.63, 3.8) is 0 Å². The van der Waals surface area contributed by atoms with Crippen molar-refractivity contribution in [3.8, 4) is 0 Å². The summed E-state index contributed by atoms with van der Waals surface area (Å²) in [5.74, 6) is 0.923. The zero-order valence-electron chi connectivity index (χ0n) is 13.4. The molecule has 2 heteroatoms. The van der Waals surface area contributed by atoms with Crippen molar-refractivity contribution in [1.82, 2.24) is 0 Å². The van der Waals surface area contributed by atoms with Gasteiger partial charge in [-0.05, 0) is 40.5 Å². The van der Waals surface area contributed by atoms with Gasteiger partial charge in [0.15, 0.2) is 0 Å². The van der Waals surface area contributed by atoms with Crippen molar-refractivity contribution in [2.24, 2.45) is 0 Å². The van der Waals surface area contributed by atoms with Crippen LogP contribution in [0.15, 0.2) is 84.6 Å². The molecule has 1 N–H and O–H groups in total. The van der Waals surface area contributed by atoms with E-state index in [0.717, 1.165) is 12.0 Å². The lowest BCUT2D eigenvalue weighted by molar-refractivity contribution is 0.0646. The van der Waals surface area contributed by atoms with Crippen molar-refractivity contribution in [2.75, 3.05) is 6.61 Å². The van der Waals surface area contributed by atoms with Gasteiger partial charge in [0, 0.05) is 5.92 Å². The first-order valence-corrected chi connectivity index (χ1v) is 8.35. The zero-order valence-corrected chi connectivity index (χ0v) is 13.4. The van der Waals surface area contributed by atoms with Crippen LogP contribution in [0.25, 0.3) is 10.8 Å². The maximum atomic E-state index is 9.60. The lowest BCUT2D eigenvalue weighted by atomic mass is 9.87. The molecule has 1 aliphatic rings. The van der Waals surface area contributed by atoms with Gasteiger partial charge in [0.25, 0.3) is 0 Å². The molecule has 0 fully saturated rings. The van der Waals surface area contributed by atoms with Crippen LogP contribution in [-0.4, -0.2) is 11.7 Å². The molecule has 0 saturated carbocycles. The molecule has 0 unspecified atom stereocenters. The summed E-state index contributed by atoms with van der Waals surface area (Å²) >= 11 is 0. The highest BCUT2D eigenvalue weighted by molar-refractivity contribution is 5.83. The fourth-order valence-electron chi connectivity index (χ4n) is 3.43. The first-order chi connectivity index (χ1) is 11.8. The molecule has 4 rings (SSSR count). The van der Waals surface area contributed by atoms with E-state index in [0.29, 0.717) is 5.76 Å². The van der Waals surface area contributed by atoms with E-state index in [2.05, 4.69) is 66.7 Å². The van der Waals surface area contributed by atoms with E-state index < -0.39 is 0 Å². The number of aliphatic hydroxyl groups excluding tert-OH is 1. The van der Waals surface area contributed by atoms with Crippen molar-refractivity contribution in [1.29, 1.82) is 0 Å². The topological polar surface area (TPSA) is 29.5 Å². The van der Waals surface area contributed by atoms with Gasteiger partial charge in [0.05, 0.1) is 0 Å². The average Bonchev–Trinajstić information content (AvgIpc) is 2.68. The summed E-state index contributed by atoms with van der Waals surface area (Å²) in [5, 5.41) is 12.0. The minimum Gasteiger partial charge on any atom is -0.488 e. The van der Waals surface area contributed by atoms with E-state index in [4.69, 9.17) is 4.74 Å². The van der Waals surface area contributed by atoms with Crippen LogP contribution in [0.5, 0.6) is 0 Å². The second kappa shape index (κ2) is 6.50. The van der Waals surface area contributed by atoms with Gasteiger partial charge in [0.1, 0.15) is 18.5 Å². The number of aliphatic hydroxyl groups is 1. The van der Waals surface area contributed by atoms with E-state index in [-0.39, 0.29) is 18.6 Å². The quantitative estimate of drug-likeness (QED) is 0.740. The van der Waals surface area contributed by atoms with Gasteiger partial charge in [-0.15, -0.1) is 0 Å². The molecule has 3 aromatic carbocycles. The summed E-state index contributed by atoms with van der Waals surface area (Å²) in [6.07, 6.45) is 2.89. The second-order valence-electron chi connectivity index (χ2n) is 6.26. The SMILES string of the molecule is OCC1=C[C@@H](c2ccccc2)C[C@@H](c2ccc3ccccc3c2)O1. The Morgan fingerprint density at radius 1 is 0.833 bits per heavy atom. The molecule has 24 heavy (non-hydrogen) atoms. The van der Waals surface area contributed by atoms with Crippen molar-refractivity contribution in [2.45, 2.75) is 18.4 Å². The summed E-state index contributed by atoms with van der Waals surface area (Å²) in [4.78, 5) is 0. The monoisotopic (exact) mass is 316 g/mol. The van der Waals surface area contributed by atoms with Crippen molar-refractivity contribution in [3.05, 3.63) is 95.8 Å². The Morgan fingerprint density at radius 3 is 2.38 bits per heavy atom. The Morgan fingerprint density at radius 2 is 1.58 bits per heavy atom. The Hall–Kier alpha value is -2.58. The van der Waals surface area contributed by atoms with Crippen LogP contribution in [0.4, 0.5) is 0 Å². The molecule has 0 aromatic heterocycles. The van der Waals surface area contributed by atoms with Crippen molar-refractivity contribution < 1.29 is 9.84 Å². The summed E-state index contributed by atoms with van der Waals surface area (Å²) < 4.78 is 6.03. The Kier molecular flexibility index (Phi) is 4.06. The van der Waals surface area contributed by atoms with Crippen LogP contribution in [-0.2, 0) is 4.74 Å². The second-order valence-corrected chi connectivity index (χ2v) is 6.26. The summed E-state index contributed by atoms with van der Waals surface area (Å²) in [6.45, 7) is -0.0621. The van der Waals surface area contributed by atoms with Crippen LogP contribution in [0.1, 0.15) is 29.6 Å². The molecule has 0 radical (unpaired) electrons. The van der Waals surface area contributed by atoms with E-state index in [1.54, 1.807) is 0 Å². The molecule has 1 heterocycles. The predicted octanol–water partition coefficient (Wildman–Crippen LogP) is 4.96. The molecule has 1 aliphatic heterocycles.